The van der Waals surface area contributed by atoms with Gasteiger partial charge < -0.3 is 20.1 Å². The smallest absolute Gasteiger partial charge is 0.329 e. The second kappa shape index (κ2) is 12.3. The van der Waals surface area contributed by atoms with Gasteiger partial charge in [-0.05, 0) is 0 Å². The van der Waals surface area contributed by atoms with Crippen molar-refractivity contribution in [2.24, 2.45) is 11.8 Å². The van der Waals surface area contributed by atoms with Crippen LogP contribution in [-0.2, 0) is 28.7 Å². The van der Waals surface area contributed by atoms with Gasteiger partial charge >= 0.3 is 11.9 Å². The van der Waals surface area contributed by atoms with Crippen LogP contribution in [-0.4, -0.2) is 61.6 Å². The Morgan fingerprint density at radius 3 is 1.37 bits per heavy atom. The largest absolute Gasteiger partial charge is 0.467 e. The summed E-state index contributed by atoms with van der Waals surface area (Å²) in [6.45, 7) is 0. The normalized spacial score (nSPS) is 17.0. The molecule has 0 aliphatic heterocycles. The Bertz CT molecular complexity index is 689. The van der Waals surface area contributed by atoms with E-state index in [1.807, 2.05) is 0 Å². The summed E-state index contributed by atoms with van der Waals surface area (Å²) < 4.78 is 9.53. The molecule has 162 valence electrons. The molecular formula is C20H24N2O6S2. The lowest BCUT2D eigenvalue weighted by Gasteiger charge is -2.19. The van der Waals surface area contributed by atoms with Crippen molar-refractivity contribution in [2.75, 3.05) is 25.7 Å². The van der Waals surface area contributed by atoms with Crippen molar-refractivity contribution in [3.63, 3.8) is 0 Å². The van der Waals surface area contributed by atoms with Crippen LogP contribution in [0, 0.1) is 11.8 Å². The predicted molar refractivity (Wildman–Crippen MR) is 116 cm³/mol. The van der Waals surface area contributed by atoms with Crippen LogP contribution in [0.5, 0.6) is 0 Å². The number of carbonyl (C=O) groups excluding carboxylic acids is 4. The zero-order valence-electron chi connectivity index (χ0n) is 16.6. The van der Waals surface area contributed by atoms with Crippen molar-refractivity contribution in [2.45, 2.75) is 12.1 Å². The van der Waals surface area contributed by atoms with Crippen LogP contribution in [0.15, 0.2) is 48.6 Å². The van der Waals surface area contributed by atoms with Crippen LogP contribution in [0.3, 0.4) is 0 Å². The van der Waals surface area contributed by atoms with Crippen LogP contribution >= 0.6 is 21.6 Å². The first-order chi connectivity index (χ1) is 14.5. The van der Waals surface area contributed by atoms with E-state index in [4.69, 9.17) is 9.47 Å². The third kappa shape index (κ3) is 7.10. The van der Waals surface area contributed by atoms with Gasteiger partial charge in [-0.1, -0.05) is 70.2 Å². The first-order valence-electron chi connectivity index (χ1n) is 9.17. The van der Waals surface area contributed by atoms with Crippen LogP contribution in [0.4, 0.5) is 0 Å². The maximum Gasteiger partial charge on any atom is 0.329 e. The van der Waals surface area contributed by atoms with Crippen LogP contribution in [0.1, 0.15) is 0 Å². The minimum atomic E-state index is -0.831. The maximum atomic E-state index is 12.2. The zero-order valence-corrected chi connectivity index (χ0v) is 18.2. The molecular weight excluding hydrogens is 428 g/mol. The molecule has 2 N–H and O–H groups in total. The topological polar surface area (TPSA) is 111 Å². The highest BCUT2D eigenvalue weighted by Gasteiger charge is 2.27. The van der Waals surface area contributed by atoms with E-state index in [9.17, 15) is 19.2 Å². The SMILES string of the molecule is COC(=O)[C@@H](CSSC[C@@H](NC(=O)C1C=CC=C1)C(=O)OC)NC(=O)C1C=CC=C1. The van der Waals surface area contributed by atoms with Gasteiger partial charge in [0.2, 0.25) is 11.8 Å². The van der Waals surface area contributed by atoms with Gasteiger partial charge in [0, 0.05) is 11.5 Å². The molecule has 2 aliphatic carbocycles. The number of esters is 2. The molecule has 0 fully saturated rings. The van der Waals surface area contributed by atoms with E-state index in [1.165, 1.54) is 35.8 Å². The fourth-order valence-corrected chi connectivity index (χ4v) is 4.90. The number of ether oxygens (including phenoxy) is 2. The summed E-state index contributed by atoms with van der Waals surface area (Å²) in [5, 5.41) is 5.35. The number of carbonyl (C=O) groups is 4. The highest BCUT2D eigenvalue weighted by molar-refractivity contribution is 8.76. The average molecular weight is 453 g/mol. The number of rotatable bonds is 11. The monoisotopic (exact) mass is 452 g/mol. The summed E-state index contributed by atoms with van der Waals surface area (Å²) in [5.74, 6) is -2.05. The molecule has 0 aromatic heterocycles. The van der Waals surface area contributed by atoms with Gasteiger partial charge in [0.1, 0.15) is 12.1 Å². The van der Waals surface area contributed by atoms with E-state index in [-0.39, 0.29) is 23.3 Å². The van der Waals surface area contributed by atoms with E-state index in [0.29, 0.717) is 0 Å². The van der Waals surface area contributed by atoms with E-state index >= 15 is 0 Å². The maximum absolute atomic E-state index is 12.2. The summed E-state index contributed by atoms with van der Waals surface area (Å²) in [6.07, 6.45) is 14.0. The second-order valence-electron chi connectivity index (χ2n) is 6.33. The summed E-state index contributed by atoms with van der Waals surface area (Å²) in [4.78, 5) is 48.5. The fraction of sp³-hybridized carbons (Fsp3) is 0.400. The number of amides is 2. The van der Waals surface area contributed by atoms with Crippen LogP contribution in [0.25, 0.3) is 0 Å². The molecule has 0 aromatic rings. The van der Waals surface area contributed by atoms with Crippen molar-refractivity contribution < 1.29 is 28.7 Å². The van der Waals surface area contributed by atoms with Gasteiger partial charge in [-0.25, -0.2) is 9.59 Å². The Morgan fingerprint density at radius 1 is 0.733 bits per heavy atom. The van der Waals surface area contributed by atoms with Gasteiger partial charge in [-0.2, -0.15) is 0 Å². The number of methoxy groups -OCH3 is 2. The molecule has 2 aliphatic rings. The van der Waals surface area contributed by atoms with Crippen molar-refractivity contribution in [3.8, 4) is 0 Å². The van der Waals surface area contributed by atoms with Crippen LogP contribution in [0.2, 0.25) is 0 Å². The molecule has 0 saturated carbocycles. The molecule has 0 unspecified atom stereocenters. The van der Waals surface area contributed by atoms with E-state index in [2.05, 4.69) is 10.6 Å². The van der Waals surface area contributed by atoms with Crippen molar-refractivity contribution in [1.82, 2.24) is 10.6 Å². The average Bonchev–Trinajstić information content (AvgIpc) is 3.47. The Kier molecular flexibility index (Phi) is 9.75. The highest BCUT2D eigenvalue weighted by Crippen LogP contribution is 2.24. The molecule has 0 heterocycles. The molecule has 0 saturated heterocycles. The Morgan fingerprint density at radius 2 is 1.07 bits per heavy atom. The quantitative estimate of drug-likeness (QED) is 0.273. The first-order valence-corrected chi connectivity index (χ1v) is 11.7. The standard InChI is InChI=1S/C20H24N2O6S2/c1-27-19(25)15(21-17(23)13-7-3-4-8-13)11-29-30-12-16(20(26)28-2)22-18(24)14-9-5-6-10-14/h3-10,13-16H,11-12H2,1-2H3,(H,21,23)(H,22,24)/t15-,16-/m1/s1. The minimum absolute atomic E-state index is 0.235. The molecule has 2 atom stereocenters. The van der Waals surface area contributed by atoms with E-state index < -0.39 is 35.9 Å². The molecule has 0 spiro atoms. The van der Waals surface area contributed by atoms with Crippen LogP contribution < -0.4 is 10.6 Å². The Hall–Kier alpha value is -2.46. The lowest BCUT2D eigenvalue weighted by molar-refractivity contribution is -0.144. The number of hydrogen-bond acceptors (Lipinski definition) is 8. The molecule has 0 aromatic carbocycles. The minimum Gasteiger partial charge on any atom is -0.467 e. The summed E-state index contributed by atoms with van der Waals surface area (Å²) in [5.41, 5.74) is 0. The lowest BCUT2D eigenvalue weighted by atomic mass is 10.1. The predicted octanol–water partition coefficient (Wildman–Crippen LogP) is 1.17. The summed E-state index contributed by atoms with van der Waals surface area (Å²) in [6, 6.07) is -1.66. The highest BCUT2D eigenvalue weighted by atomic mass is 33.1. The van der Waals surface area contributed by atoms with Gasteiger partial charge in [-0.15, -0.1) is 0 Å². The molecule has 10 heteroatoms. The van der Waals surface area contributed by atoms with Gasteiger partial charge in [0.05, 0.1) is 26.1 Å². The molecule has 8 nitrogen and oxygen atoms in total. The summed E-state index contributed by atoms with van der Waals surface area (Å²) >= 11 is 0. The van der Waals surface area contributed by atoms with Crippen molar-refractivity contribution >= 4 is 45.3 Å². The molecule has 30 heavy (non-hydrogen) atoms. The van der Waals surface area contributed by atoms with Gasteiger partial charge in [0.25, 0.3) is 0 Å². The molecule has 2 rings (SSSR count). The molecule has 2 amide bonds. The van der Waals surface area contributed by atoms with Gasteiger partial charge in [-0.3, -0.25) is 9.59 Å². The number of hydrogen-bond donors (Lipinski definition) is 2. The number of nitrogens with one attached hydrogen (secondary N) is 2. The lowest BCUT2D eigenvalue weighted by Crippen LogP contribution is -2.45. The molecule has 0 radical (unpaired) electrons. The third-order valence-electron chi connectivity index (χ3n) is 4.26. The number of allylic oxidation sites excluding steroid dienone is 4. The third-order valence-corrected chi connectivity index (χ3v) is 6.68. The Balaban J connectivity index is 1.83. The fourth-order valence-electron chi connectivity index (χ4n) is 2.60. The zero-order chi connectivity index (χ0) is 21.9. The molecule has 0 bridgehead atoms. The second-order valence-corrected chi connectivity index (χ2v) is 8.88. The van der Waals surface area contributed by atoms with E-state index in [0.717, 1.165) is 0 Å². The Labute approximate surface area is 183 Å². The van der Waals surface area contributed by atoms with Crippen molar-refractivity contribution in [3.05, 3.63) is 48.6 Å². The van der Waals surface area contributed by atoms with E-state index in [1.54, 1.807) is 48.6 Å². The van der Waals surface area contributed by atoms with Crippen molar-refractivity contribution in [1.29, 1.82) is 0 Å². The van der Waals surface area contributed by atoms with Gasteiger partial charge in [0.15, 0.2) is 0 Å². The summed E-state index contributed by atoms with van der Waals surface area (Å²) in [7, 11) is 5.07. The first kappa shape index (κ1) is 23.8.